The lowest BCUT2D eigenvalue weighted by atomic mass is 10.00. The molecule has 0 saturated heterocycles. The van der Waals surface area contributed by atoms with Gasteiger partial charge in [-0.05, 0) is 30.5 Å². The van der Waals surface area contributed by atoms with Gasteiger partial charge in [0.1, 0.15) is 0 Å². The zero-order chi connectivity index (χ0) is 14.8. The highest BCUT2D eigenvalue weighted by Gasteiger charge is 2.10. The summed E-state index contributed by atoms with van der Waals surface area (Å²) in [6.07, 6.45) is 9.74. The molecule has 0 aromatic heterocycles. The standard InChI is InChI=1S/C16H26Cl2N2/c1-2-3-4-5-6-7-8-15(20-19)11-13-9-10-14(17)12-16(13)18/h9-10,12,15,20H,2-8,11,19H2,1H3. The molecule has 0 bridgehead atoms. The van der Waals surface area contributed by atoms with Crippen LogP contribution >= 0.6 is 23.2 Å². The molecule has 1 aromatic carbocycles. The number of hydrogen-bond acceptors (Lipinski definition) is 2. The molecule has 0 fully saturated rings. The average Bonchev–Trinajstić information content (AvgIpc) is 2.43. The van der Waals surface area contributed by atoms with Crippen molar-refractivity contribution in [2.24, 2.45) is 5.84 Å². The second-order valence-corrected chi connectivity index (χ2v) is 6.20. The van der Waals surface area contributed by atoms with Gasteiger partial charge in [-0.3, -0.25) is 11.3 Å². The van der Waals surface area contributed by atoms with Crippen molar-refractivity contribution in [3.8, 4) is 0 Å². The van der Waals surface area contributed by atoms with E-state index in [1.165, 1.54) is 38.5 Å². The maximum atomic E-state index is 6.20. The number of halogens is 2. The molecule has 0 radical (unpaired) electrons. The van der Waals surface area contributed by atoms with Crippen LogP contribution in [0.3, 0.4) is 0 Å². The molecular weight excluding hydrogens is 291 g/mol. The van der Waals surface area contributed by atoms with Crippen LogP contribution in [0.2, 0.25) is 10.0 Å². The van der Waals surface area contributed by atoms with Gasteiger partial charge < -0.3 is 0 Å². The fourth-order valence-corrected chi connectivity index (χ4v) is 2.85. The van der Waals surface area contributed by atoms with E-state index in [0.29, 0.717) is 5.02 Å². The third-order valence-corrected chi connectivity index (χ3v) is 4.21. The van der Waals surface area contributed by atoms with Gasteiger partial charge in [0.25, 0.3) is 0 Å². The number of unbranched alkanes of at least 4 members (excludes halogenated alkanes) is 5. The third kappa shape index (κ3) is 6.94. The second kappa shape index (κ2) is 10.4. The van der Waals surface area contributed by atoms with Crippen molar-refractivity contribution >= 4 is 23.2 Å². The quantitative estimate of drug-likeness (QED) is 0.357. The monoisotopic (exact) mass is 316 g/mol. The zero-order valence-electron chi connectivity index (χ0n) is 12.3. The van der Waals surface area contributed by atoms with E-state index in [2.05, 4.69) is 12.3 Å². The molecule has 1 atom stereocenters. The lowest BCUT2D eigenvalue weighted by Crippen LogP contribution is -2.36. The summed E-state index contributed by atoms with van der Waals surface area (Å²) < 4.78 is 0. The Labute approximate surface area is 133 Å². The van der Waals surface area contributed by atoms with E-state index >= 15 is 0 Å². The van der Waals surface area contributed by atoms with Crippen LogP contribution in [0.25, 0.3) is 0 Å². The molecule has 1 rings (SSSR count). The van der Waals surface area contributed by atoms with Crippen molar-refractivity contribution in [1.29, 1.82) is 0 Å². The molecule has 114 valence electrons. The van der Waals surface area contributed by atoms with E-state index in [0.717, 1.165) is 23.4 Å². The predicted octanol–water partition coefficient (Wildman–Crippen LogP) is 5.12. The van der Waals surface area contributed by atoms with E-state index in [4.69, 9.17) is 29.0 Å². The average molecular weight is 317 g/mol. The van der Waals surface area contributed by atoms with E-state index in [9.17, 15) is 0 Å². The van der Waals surface area contributed by atoms with Gasteiger partial charge in [-0.1, -0.05) is 74.7 Å². The van der Waals surface area contributed by atoms with Crippen LogP contribution in [0.15, 0.2) is 18.2 Å². The predicted molar refractivity (Wildman–Crippen MR) is 89.3 cm³/mol. The number of hydrogen-bond donors (Lipinski definition) is 2. The first-order valence-electron chi connectivity index (χ1n) is 7.57. The smallest absolute Gasteiger partial charge is 0.0453 e. The van der Waals surface area contributed by atoms with Crippen LogP contribution < -0.4 is 11.3 Å². The highest BCUT2D eigenvalue weighted by molar-refractivity contribution is 6.35. The number of rotatable bonds is 10. The highest BCUT2D eigenvalue weighted by Crippen LogP contribution is 2.23. The minimum Gasteiger partial charge on any atom is -0.271 e. The molecule has 20 heavy (non-hydrogen) atoms. The number of benzene rings is 1. The highest BCUT2D eigenvalue weighted by atomic mass is 35.5. The molecule has 3 N–H and O–H groups in total. The van der Waals surface area contributed by atoms with Crippen molar-refractivity contribution in [2.75, 3.05) is 0 Å². The fraction of sp³-hybridized carbons (Fsp3) is 0.625. The van der Waals surface area contributed by atoms with Gasteiger partial charge in [-0.25, -0.2) is 0 Å². The normalized spacial score (nSPS) is 12.6. The molecule has 4 heteroatoms. The first kappa shape index (κ1) is 17.8. The molecular formula is C16H26Cl2N2. The lowest BCUT2D eigenvalue weighted by molar-refractivity contribution is 0.459. The summed E-state index contributed by atoms with van der Waals surface area (Å²) >= 11 is 12.1. The number of nitrogens with two attached hydrogens (primary N) is 1. The Morgan fingerprint density at radius 2 is 1.80 bits per heavy atom. The van der Waals surface area contributed by atoms with Gasteiger partial charge in [-0.2, -0.15) is 0 Å². The lowest BCUT2D eigenvalue weighted by Gasteiger charge is -2.16. The van der Waals surface area contributed by atoms with Crippen LogP contribution in [0.5, 0.6) is 0 Å². The van der Waals surface area contributed by atoms with Crippen LogP contribution in [-0.4, -0.2) is 6.04 Å². The largest absolute Gasteiger partial charge is 0.271 e. The molecule has 0 saturated carbocycles. The van der Waals surface area contributed by atoms with Crippen molar-refractivity contribution in [2.45, 2.75) is 64.3 Å². The summed E-state index contributed by atoms with van der Waals surface area (Å²) in [5, 5.41) is 1.40. The van der Waals surface area contributed by atoms with Crippen molar-refractivity contribution < 1.29 is 0 Å². The van der Waals surface area contributed by atoms with Gasteiger partial charge in [0.05, 0.1) is 0 Å². The molecule has 1 aromatic rings. The molecule has 0 aliphatic carbocycles. The van der Waals surface area contributed by atoms with Gasteiger partial charge in [0, 0.05) is 16.1 Å². The van der Waals surface area contributed by atoms with Gasteiger partial charge >= 0.3 is 0 Å². The van der Waals surface area contributed by atoms with Gasteiger partial charge in [0.2, 0.25) is 0 Å². The van der Waals surface area contributed by atoms with Crippen LogP contribution in [0.1, 0.15) is 57.4 Å². The Kier molecular flexibility index (Phi) is 9.28. The van der Waals surface area contributed by atoms with Gasteiger partial charge in [0.15, 0.2) is 0 Å². The summed E-state index contributed by atoms with van der Waals surface area (Å²) in [6.45, 7) is 2.24. The summed E-state index contributed by atoms with van der Waals surface area (Å²) in [6, 6.07) is 5.92. The van der Waals surface area contributed by atoms with Crippen LogP contribution in [0.4, 0.5) is 0 Å². The molecule has 0 heterocycles. The minimum atomic E-state index is 0.278. The Balaban J connectivity index is 2.31. The van der Waals surface area contributed by atoms with Crippen molar-refractivity contribution in [3.63, 3.8) is 0 Å². The fourth-order valence-electron chi connectivity index (χ4n) is 2.37. The Morgan fingerprint density at radius 3 is 2.45 bits per heavy atom. The molecule has 2 nitrogen and oxygen atoms in total. The molecule has 0 aliphatic heterocycles. The first-order chi connectivity index (χ1) is 9.67. The Bertz CT molecular complexity index is 383. The number of hydrazine groups is 1. The van der Waals surface area contributed by atoms with E-state index in [1.54, 1.807) is 6.07 Å². The summed E-state index contributed by atoms with van der Waals surface area (Å²) in [4.78, 5) is 0. The molecule has 1 unspecified atom stereocenters. The Hall–Kier alpha value is -0.280. The minimum absolute atomic E-state index is 0.278. The SMILES string of the molecule is CCCCCCCCC(Cc1ccc(Cl)cc1Cl)NN. The third-order valence-electron chi connectivity index (χ3n) is 3.62. The molecule has 0 amide bonds. The molecule has 0 aliphatic rings. The summed E-state index contributed by atoms with van der Waals surface area (Å²) in [7, 11) is 0. The van der Waals surface area contributed by atoms with E-state index in [-0.39, 0.29) is 6.04 Å². The van der Waals surface area contributed by atoms with Crippen molar-refractivity contribution in [1.82, 2.24) is 5.43 Å². The maximum Gasteiger partial charge on any atom is 0.0453 e. The maximum absolute atomic E-state index is 6.20. The summed E-state index contributed by atoms with van der Waals surface area (Å²) in [5.41, 5.74) is 4.00. The van der Waals surface area contributed by atoms with E-state index < -0.39 is 0 Å². The Morgan fingerprint density at radius 1 is 1.10 bits per heavy atom. The first-order valence-corrected chi connectivity index (χ1v) is 8.33. The molecule has 0 spiro atoms. The zero-order valence-corrected chi connectivity index (χ0v) is 13.8. The van der Waals surface area contributed by atoms with Crippen LogP contribution in [0, 0.1) is 0 Å². The number of nitrogens with one attached hydrogen (secondary N) is 1. The second-order valence-electron chi connectivity index (χ2n) is 5.36. The van der Waals surface area contributed by atoms with Crippen molar-refractivity contribution in [3.05, 3.63) is 33.8 Å². The topological polar surface area (TPSA) is 38.0 Å². The van der Waals surface area contributed by atoms with Gasteiger partial charge in [-0.15, -0.1) is 0 Å². The van der Waals surface area contributed by atoms with Crippen LogP contribution in [-0.2, 0) is 6.42 Å². The summed E-state index contributed by atoms with van der Waals surface area (Å²) in [5.74, 6) is 5.64. The van der Waals surface area contributed by atoms with E-state index in [1.807, 2.05) is 12.1 Å².